The maximum Gasteiger partial charge on any atom is 0.186 e. The molecule has 2 rings (SSSR count). The van der Waals surface area contributed by atoms with Crippen molar-refractivity contribution < 1.29 is 8.78 Å². The van der Waals surface area contributed by atoms with E-state index in [9.17, 15) is 8.78 Å². The van der Waals surface area contributed by atoms with Crippen molar-refractivity contribution in [3.05, 3.63) is 40.0 Å². The number of nitrogens with two attached hydrogens (primary N) is 1. The van der Waals surface area contributed by atoms with Crippen LogP contribution in [-0.2, 0) is 0 Å². The molecule has 0 aliphatic rings. The van der Waals surface area contributed by atoms with Crippen LogP contribution in [0.1, 0.15) is 5.69 Å². The van der Waals surface area contributed by atoms with Crippen molar-refractivity contribution in [2.45, 2.75) is 6.92 Å². The normalized spacial score (nSPS) is 10.6. The third-order valence-electron chi connectivity index (χ3n) is 2.22. The van der Waals surface area contributed by atoms with Gasteiger partial charge in [-0.05, 0) is 41.1 Å². The Bertz CT molecular complexity index is 564. The molecule has 6 heteroatoms. The Morgan fingerprint density at radius 1 is 1.24 bits per heavy atom. The predicted molar refractivity (Wildman–Crippen MR) is 64.2 cm³/mol. The Kier molecular flexibility index (Phi) is 3.06. The first kappa shape index (κ1) is 11.9. The van der Waals surface area contributed by atoms with Gasteiger partial charge in [0.05, 0.1) is 10.2 Å². The lowest BCUT2D eigenvalue weighted by Crippen LogP contribution is -2.03. The number of nitrogens with zero attached hydrogens (tertiary/aromatic N) is 2. The van der Waals surface area contributed by atoms with E-state index in [0.717, 1.165) is 0 Å². The van der Waals surface area contributed by atoms with Crippen molar-refractivity contribution in [3.63, 3.8) is 0 Å². The smallest absolute Gasteiger partial charge is 0.186 e. The molecule has 0 spiro atoms. The SMILES string of the molecule is Cc1nc(-c2ccc(F)c(Br)c2)nc(N)c1F. The first-order chi connectivity index (χ1) is 7.99. The lowest BCUT2D eigenvalue weighted by Gasteiger charge is -2.05. The van der Waals surface area contributed by atoms with Gasteiger partial charge in [0.1, 0.15) is 5.82 Å². The summed E-state index contributed by atoms with van der Waals surface area (Å²) >= 11 is 3.06. The molecule has 0 unspecified atom stereocenters. The number of hydrogen-bond donors (Lipinski definition) is 1. The maximum atomic E-state index is 13.3. The van der Waals surface area contributed by atoms with E-state index >= 15 is 0 Å². The van der Waals surface area contributed by atoms with Crippen molar-refractivity contribution in [2.24, 2.45) is 0 Å². The van der Waals surface area contributed by atoms with Crippen molar-refractivity contribution >= 4 is 21.7 Å². The molecule has 0 amide bonds. The quantitative estimate of drug-likeness (QED) is 0.880. The van der Waals surface area contributed by atoms with Crippen molar-refractivity contribution in [1.29, 1.82) is 0 Å². The average Bonchev–Trinajstić information content (AvgIpc) is 2.29. The standard InChI is InChI=1S/C11H8BrF2N3/c1-5-9(14)10(15)17-11(16-5)6-2-3-8(13)7(12)4-6/h2-4H,1H3,(H2,15,16,17). The zero-order valence-electron chi connectivity index (χ0n) is 8.84. The largest absolute Gasteiger partial charge is 0.381 e. The Morgan fingerprint density at radius 3 is 2.53 bits per heavy atom. The molecule has 17 heavy (non-hydrogen) atoms. The van der Waals surface area contributed by atoms with Crippen LogP contribution in [0.5, 0.6) is 0 Å². The lowest BCUT2D eigenvalue weighted by molar-refractivity contribution is 0.608. The van der Waals surface area contributed by atoms with Crippen LogP contribution in [0, 0.1) is 18.6 Å². The minimum absolute atomic E-state index is 0.160. The molecule has 88 valence electrons. The number of aryl methyl sites for hydroxylation is 1. The number of rotatable bonds is 1. The van der Waals surface area contributed by atoms with E-state index in [-0.39, 0.29) is 23.2 Å². The molecule has 0 fully saturated rings. The van der Waals surface area contributed by atoms with Gasteiger partial charge in [-0.3, -0.25) is 0 Å². The Balaban J connectivity index is 2.57. The first-order valence-electron chi connectivity index (χ1n) is 4.74. The Labute approximate surface area is 105 Å². The number of halogens is 3. The molecule has 0 aliphatic heterocycles. The third kappa shape index (κ3) is 2.26. The van der Waals surface area contributed by atoms with Crippen LogP contribution in [0.4, 0.5) is 14.6 Å². The van der Waals surface area contributed by atoms with Crippen LogP contribution in [0.2, 0.25) is 0 Å². The summed E-state index contributed by atoms with van der Waals surface area (Å²) in [6.07, 6.45) is 0. The van der Waals surface area contributed by atoms with E-state index in [1.807, 2.05) is 0 Å². The van der Waals surface area contributed by atoms with Gasteiger partial charge in [-0.1, -0.05) is 0 Å². The topological polar surface area (TPSA) is 51.8 Å². The maximum absolute atomic E-state index is 13.3. The molecule has 0 saturated carbocycles. The van der Waals surface area contributed by atoms with Gasteiger partial charge in [0.25, 0.3) is 0 Å². The van der Waals surface area contributed by atoms with Crippen LogP contribution in [0.3, 0.4) is 0 Å². The van der Waals surface area contributed by atoms with Crippen LogP contribution in [0.15, 0.2) is 22.7 Å². The summed E-state index contributed by atoms with van der Waals surface area (Å²) in [6, 6.07) is 4.30. The molecule has 0 saturated heterocycles. The Morgan fingerprint density at radius 2 is 1.94 bits per heavy atom. The minimum atomic E-state index is -0.630. The van der Waals surface area contributed by atoms with Gasteiger partial charge in [-0.2, -0.15) is 0 Å². The van der Waals surface area contributed by atoms with E-state index in [1.54, 1.807) is 0 Å². The number of benzene rings is 1. The fourth-order valence-electron chi connectivity index (χ4n) is 1.35. The summed E-state index contributed by atoms with van der Waals surface area (Å²) in [6.45, 7) is 1.50. The number of hydrogen-bond acceptors (Lipinski definition) is 3. The fraction of sp³-hybridized carbons (Fsp3) is 0.0909. The summed E-state index contributed by atoms with van der Waals surface area (Å²) in [7, 11) is 0. The number of aromatic nitrogens is 2. The molecular weight excluding hydrogens is 292 g/mol. The number of nitrogen functional groups attached to an aromatic ring is 1. The second-order valence-corrected chi connectivity index (χ2v) is 4.32. The molecule has 2 N–H and O–H groups in total. The molecular formula is C11H8BrF2N3. The summed E-state index contributed by atoms with van der Waals surface area (Å²) in [5.74, 6) is -0.967. The van der Waals surface area contributed by atoms with Crippen LogP contribution in [-0.4, -0.2) is 9.97 Å². The molecule has 0 bridgehead atoms. The van der Waals surface area contributed by atoms with Gasteiger partial charge in [-0.15, -0.1) is 0 Å². The summed E-state index contributed by atoms with van der Waals surface area (Å²) in [5, 5.41) is 0. The van der Waals surface area contributed by atoms with Crippen molar-refractivity contribution in [1.82, 2.24) is 9.97 Å². The third-order valence-corrected chi connectivity index (χ3v) is 2.83. The van der Waals surface area contributed by atoms with Crippen LogP contribution >= 0.6 is 15.9 Å². The van der Waals surface area contributed by atoms with E-state index in [2.05, 4.69) is 25.9 Å². The first-order valence-corrected chi connectivity index (χ1v) is 5.53. The highest BCUT2D eigenvalue weighted by atomic mass is 79.9. The average molecular weight is 300 g/mol. The molecule has 1 aromatic carbocycles. The summed E-state index contributed by atoms with van der Waals surface area (Å²) in [4.78, 5) is 7.79. The molecule has 3 nitrogen and oxygen atoms in total. The van der Waals surface area contributed by atoms with Gasteiger partial charge in [0.15, 0.2) is 17.5 Å². The Hall–Kier alpha value is -1.56. The van der Waals surface area contributed by atoms with E-state index in [4.69, 9.17) is 5.73 Å². The molecule has 1 aromatic heterocycles. The van der Waals surface area contributed by atoms with Crippen LogP contribution < -0.4 is 5.73 Å². The summed E-state index contributed by atoms with van der Waals surface area (Å²) in [5.41, 5.74) is 6.14. The van der Waals surface area contributed by atoms with Crippen molar-refractivity contribution in [2.75, 3.05) is 5.73 Å². The van der Waals surface area contributed by atoms with E-state index in [1.165, 1.54) is 25.1 Å². The predicted octanol–water partition coefficient (Wildman–Crippen LogP) is 3.07. The fourth-order valence-corrected chi connectivity index (χ4v) is 1.72. The van der Waals surface area contributed by atoms with Gasteiger partial charge in [0.2, 0.25) is 0 Å². The molecule has 0 radical (unpaired) electrons. The van der Waals surface area contributed by atoms with Crippen LogP contribution in [0.25, 0.3) is 11.4 Å². The van der Waals surface area contributed by atoms with Gasteiger partial charge in [0, 0.05) is 5.56 Å². The zero-order valence-corrected chi connectivity index (χ0v) is 10.4. The van der Waals surface area contributed by atoms with Gasteiger partial charge >= 0.3 is 0 Å². The molecule has 1 heterocycles. The molecule has 2 aromatic rings. The highest BCUT2D eigenvalue weighted by molar-refractivity contribution is 9.10. The number of anilines is 1. The second-order valence-electron chi connectivity index (χ2n) is 3.46. The highest BCUT2D eigenvalue weighted by Crippen LogP contribution is 2.24. The monoisotopic (exact) mass is 299 g/mol. The summed E-state index contributed by atoms with van der Waals surface area (Å²) < 4.78 is 26.6. The molecule has 0 atom stereocenters. The van der Waals surface area contributed by atoms with Gasteiger partial charge in [-0.25, -0.2) is 18.7 Å². The minimum Gasteiger partial charge on any atom is -0.381 e. The van der Waals surface area contributed by atoms with Crippen molar-refractivity contribution in [3.8, 4) is 11.4 Å². The zero-order chi connectivity index (χ0) is 12.6. The highest BCUT2D eigenvalue weighted by Gasteiger charge is 2.11. The van der Waals surface area contributed by atoms with E-state index < -0.39 is 5.82 Å². The molecule has 0 aliphatic carbocycles. The second kappa shape index (κ2) is 4.37. The van der Waals surface area contributed by atoms with E-state index in [0.29, 0.717) is 10.0 Å². The van der Waals surface area contributed by atoms with Gasteiger partial charge < -0.3 is 5.73 Å². The lowest BCUT2D eigenvalue weighted by atomic mass is 10.2.